The van der Waals surface area contributed by atoms with Gasteiger partial charge in [0.05, 0.1) is 0 Å². The van der Waals surface area contributed by atoms with Gasteiger partial charge in [-0.2, -0.15) is 0 Å². The van der Waals surface area contributed by atoms with Crippen LogP contribution in [0, 0.1) is 11.6 Å². The molecule has 0 saturated carbocycles. The summed E-state index contributed by atoms with van der Waals surface area (Å²) >= 11 is 0. The van der Waals surface area contributed by atoms with Crippen LogP contribution in [0.25, 0.3) is 0 Å². The molecular formula is C14H16F2O. The number of allylic oxidation sites excluding steroid dienone is 2. The molecule has 1 aromatic rings. The molecule has 17 heavy (non-hydrogen) atoms. The van der Waals surface area contributed by atoms with Crippen LogP contribution < -0.4 is 0 Å². The predicted octanol–water partition coefficient (Wildman–Crippen LogP) is 3.82. The Hall–Kier alpha value is -1.51. The highest BCUT2D eigenvalue weighted by Crippen LogP contribution is 2.11. The molecular weight excluding hydrogens is 222 g/mol. The van der Waals surface area contributed by atoms with E-state index in [1.165, 1.54) is 12.1 Å². The van der Waals surface area contributed by atoms with E-state index < -0.39 is 11.6 Å². The van der Waals surface area contributed by atoms with Crippen molar-refractivity contribution in [3.63, 3.8) is 0 Å². The molecule has 0 aliphatic heterocycles. The number of rotatable bonds is 5. The van der Waals surface area contributed by atoms with E-state index in [0.29, 0.717) is 5.56 Å². The van der Waals surface area contributed by atoms with E-state index in [-0.39, 0.29) is 12.2 Å². The average Bonchev–Trinajstić information content (AvgIpc) is 2.24. The van der Waals surface area contributed by atoms with Gasteiger partial charge in [0.1, 0.15) is 11.6 Å². The van der Waals surface area contributed by atoms with Crippen LogP contribution in [0.15, 0.2) is 29.8 Å². The fraction of sp³-hybridized carbons (Fsp3) is 0.357. The third-order valence-corrected chi connectivity index (χ3v) is 2.57. The summed E-state index contributed by atoms with van der Waals surface area (Å²) < 4.78 is 25.8. The number of halogens is 2. The number of hydrogen-bond acceptors (Lipinski definition) is 1. The fourth-order valence-electron chi connectivity index (χ4n) is 1.65. The normalized spacial score (nSPS) is 10.1. The highest BCUT2D eigenvalue weighted by atomic mass is 19.1. The maximum Gasteiger partial charge on any atom is 0.160 e. The summed E-state index contributed by atoms with van der Waals surface area (Å²) in [5.41, 5.74) is 1.42. The van der Waals surface area contributed by atoms with Crippen LogP contribution in [0.4, 0.5) is 8.78 Å². The Morgan fingerprint density at radius 1 is 1.12 bits per heavy atom. The van der Waals surface area contributed by atoms with Crippen LogP contribution in [-0.4, -0.2) is 5.78 Å². The second-order valence-electron chi connectivity index (χ2n) is 3.93. The highest BCUT2D eigenvalue weighted by molar-refractivity contribution is 5.92. The van der Waals surface area contributed by atoms with Crippen molar-refractivity contribution in [1.82, 2.24) is 0 Å². The lowest BCUT2D eigenvalue weighted by Gasteiger charge is -2.01. The summed E-state index contributed by atoms with van der Waals surface area (Å²) in [7, 11) is 0. The van der Waals surface area contributed by atoms with Crippen LogP contribution in [-0.2, 0) is 11.2 Å². The first-order valence-electron chi connectivity index (χ1n) is 5.72. The van der Waals surface area contributed by atoms with Crippen molar-refractivity contribution >= 4 is 5.78 Å². The second kappa shape index (κ2) is 6.28. The van der Waals surface area contributed by atoms with Gasteiger partial charge in [-0.25, -0.2) is 8.78 Å². The van der Waals surface area contributed by atoms with Crippen molar-refractivity contribution in [2.75, 3.05) is 0 Å². The SMILES string of the molecule is CCC(=CC(=O)Cc1cc(F)cc(F)c1)CC. The molecule has 0 amide bonds. The maximum atomic E-state index is 12.9. The van der Waals surface area contributed by atoms with E-state index in [0.717, 1.165) is 24.5 Å². The van der Waals surface area contributed by atoms with Crippen molar-refractivity contribution in [3.8, 4) is 0 Å². The van der Waals surface area contributed by atoms with Gasteiger partial charge < -0.3 is 0 Å². The van der Waals surface area contributed by atoms with Crippen LogP contribution in [0.3, 0.4) is 0 Å². The molecule has 0 aromatic heterocycles. The summed E-state index contributed by atoms with van der Waals surface area (Å²) in [6.07, 6.45) is 3.25. The van der Waals surface area contributed by atoms with E-state index in [9.17, 15) is 13.6 Å². The number of carbonyl (C=O) groups is 1. The summed E-state index contributed by atoms with van der Waals surface area (Å²) in [6, 6.07) is 3.17. The smallest absolute Gasteiger partial charge is 0.160 e. The summed E-state index contributed by atoms with van der Waals surface area (Å²) in [5.74, 6) is -1.42. The molecule has 92 valence electrons. The molecule has 0 aliphatic rings. The van der Waals surface area contributed by atoms with Gasteiger partial charge in [-0.15, -0.1) is 0 Å². The Labute approximate surface area is 100 Å². The van der Waals surface area contributed by atoms with Gasteiger partial charge >= 0.3 is 0 Å². The van der Waals surface area contributed by atoms with Gasteiger partial charge in [-0.3, -0.25) is 4.79 Å². The first kappa shape index (κ1) is 13.6. The standard InChI is InChI=1S/C14H16F2O/c1-3-10(4-2)7-14(17)8-11-5-12(15)9-13(16)6-11/h5-7,9H,3-4,8H2,1-2H3. The molecule has 0 unspecified atom stereocenters. The molecule has 1 rings (SSSR count). The lowest BCUT2D eigenvalue weighted by molar-refractivity contribution is -0.114. The Bertz CT molecular complexity index is 410. The highest BCUT2D eigenvalue weighted by Gasteiger charge is 2.05. The number of carbonyl (C=O) groups excluding carboxylic acids is 1. The Kier molecular flexibility index (Phi) is 5.01. The van der Waals surface area contributed by atoms with Gasteiger partial charge in [0.2, 0.25) is 0 Å². The van der Waals surface area contributed by atoms with Gasteiger partial charge in [0, 0.05) is 12.5 Å². The average molecular weight is 238 g/mol. The van der Waals surface area contributed by atoms with Crippen LogP contribution >= 0.6 is 0 Å². The molecule has 1 aromatic carbocycles. The van der Waals surface area contributed by atoms with Gasteiger partial charge in [-0.05, 0) is 36.6 Å². The van der Waals surface area contributed by atoms with Gasteiger partial charge in [0.15, 0.2) is 5.78 Å². The molecule has 3 heteroatoms. The molecule has 0 aliphatic carbocycles. The van der Waals surface area contributed by atoms with Crippen LogP contribution in [0.5, 0.6) is 0 Å². The Balaban J connectivity index is 2.77. The molecule has 0 bridgehead atoms. The quantitative estimate of drug-likeness (QED) is 0.713. The summed E-state index contributed by atoms with van der Waals surface area (Å²) in [5, 5.41) is 0. The number of hydrogen-bond donors (Lipinski definition) is 0. The summed E-state index contributed by atoms with van der Waals surface area (Å²) in [4.78, 5) is 11.6. The monoisotopic (exact) mass is 238 g/mol. The van der Waals surface area contributed by atoms with E-state index in [4.69, 9.17) is 0 Å². The fourth-order valence-corrected chi connectivity index (χ4v) is 1.65. The van der Waals surface area contributed by atoms with Crippen LogP contribution in [0.2, 0.25) is 0 Å². The van der Waals surface area contributed by atoms with Crippen molar-refractivity contribution in [2.24, 2.45) is 0 Å². The van der Waals surface area contributed by atoms with Gasteiger partial charge in [-0.1, -0.05) is 19.4 Å². The maximum absolute atomic E-state index is 12.9. The molecule has 0 spiro atoms. The van der Waals surface area contributed by atoms with Crippen molar-refractivity contribution < 1.29 is 13.6 Å². The third-order valence-electron chi connectivity index (χ3n) is 2.57. The zero-order valence-corrected chi connectivity index (χ0v) is 10.1. The molecule has 1 nitrogen and oxygen atoms in total. The molecule has 0 saturated heterocycles. The van der Waals surface area contributed by atoms with Crippen molar-refractivity contribution in [2.45, 2.75) is 33.1 Å². The van der Waals surface area contributed by atoms with Crippen LogP contribution in [0.1, 0.15) is 32.3 Å². The Morgan fingerprint density at radius 2 is 1.65 bits per heavy atom. The first-order valence-corrected chi connectivity index (χ1v) is 5.72. The minimum atomic E-state index is -0.650. The second-order valence-corrected chi connectivity index (χ2v) is 3.93. The lowest BCUT2D eigenvalue weighted by Crippen LogP contribution is -2.01. The molecule has 0 fully saturated rings. The minimum absolute atomic E-state index is 0.0399. The van der Waals surface area contributed by atoms with E-state index in [2.05, 4.69) is 0 Å². The van der Waals surface area contributed by atoms with Gasteiger partial charge in [0.25, 0.3) is 0 Å². The molecule has 0 N–H and O–H groups in total. The zero-order chi connectivity index (χ0) is 12.8. The first-order chi connectivity index (χ1) is 8.05. The number of benzene rings is 1. The predicted molar refractivity (Wildman–Crippen MR) is 63.7 cm³/mol. The molecule has 0 radical (unpaired) electrons. The van der Waals surface area contributed by atoms with Crippen molar-refractivity contribution in [1.29, 1.82) is 0 Å². The Morgan fingerprint density at radius 3 is 2.12 bits per heavy atom. The minimum Gasteiger partial charge on any atom is -0.294 e. The lowest BCUT2D eigenvalue weighted by atomic mass is 10.0. The topological polar surface area (TPSA) is 17.1 Å². The zero-order valence-electron chi connectivity index (χ0n) is 10.1. The largest absolute Gasteiger partial charge is 0.294 e. The van der Waals surface area contributed by atoms with E-state index >= 15 is 0 Å². The van der Waals surface area contributed by atoms with E-state index in [1.54, 1.807) is 6.08 Å². The summed E-state index contributed by atoms with van der Waals surface area (Å²) in [6.45, 7) is 3.95. The third kappa shape index (κ3) is 4.47. The molecule has 0 atom stereocenters. The van der Waals surface area contributed by atoms with Crippen molar-refractivity contribution in [3.05, 3.63) is 47.0 Å². The number of ketones is 1. The molecule has 0 heterocycles. The van der Waals surface area contributed by atoms with E-state index in [1.807, 2.05) is 13.8 Å².